The van der Waals surface area contributed by atoms with Crippen LogP contribution in [0.3, 0.4) is 0 Å². The summed E-state index contributed by atoms with van der Waals surface area (Å²) < 4.78 is 56.9. The second-order valence-corrected chi connectivity index (χ2v) is 6.74. The Bertz CT molecular complexity index is 241. The van der Waals surface area contributed by atoms with E-state index in [0.29, 0.717) is 0 Å². The van der Waals surface area contributed by atoms with Gasteiger partial charge in [-0.15, -0.1) is 0 Å². The molecule has 0 aromatic carbocycles. The molecular weight excluding hydrogens is 270 g/mol. The van der Waals surface area contributed by atoms with E-state index < -0.39 is 28.1 Å². The third kappa shape index (κ3) is 19.7. The summed E-state index contributed by atoms with van der Waals surface area (Å²) in [6.07, 6.45) is 0. The van der Waals surface area contributed by atoms with Gasteiger partial charge < -0.3 is 9.11 Å². The van der Waals surface area contributed by atoms with Gasteiger partial charge in [0.2, 0.25) is 0 Å². The molecule has 0 spiro atoms. The minimum absolute atomic E-state index is 0. The van der Waals surface area contributed by atoms with E-state index in [9.17, 15) is 25.9 Å². The van der Waals surface area contributed by atoms with Crippen molar-refractivity contribution in [2.24, 2.45) is 0 Å². The van der Waals surface area contributed by atoms with E-state index in [-0.39, 0.29) is 103 Å². The topological polar surface area (TPSA) is 114 Å². The van der Waals surface area contributed by atoms with Gasteiger partial charge in [0.1, 0.15) is 0 Å². The van der Waals surface area contributed by atoms with Crippen LogP contribution in [0.1, 0.15) is 0 Å². The average molecular weight is 270 g/mol. The largest absolute Gasteiger partial charge is 1.00 e. The summed E-state index contributed by atoms with van der Waals surface area (Å²) in [5, 5.41) is 0. The van der Waals surface area contributed by atoms with Crippen LogP contribution in [0, 0.1) is 0 Å². The Morgan fingerprint density at radius 2 is 1.00 bits per heavy atom. The van der Waals surface area contributed by atoms with Crippen LogP contribution < -0.4 is 103 Å². The van der Waals surface area contributed by atoms with E-state index in [4.69, 9.17) is 0 Å². The molecule has 0 heterocycles. The Balaban J connectivity index is -0.000000320. The number of rotatable bonds is 2. The van der Waals surface area contributed by atoms with E-state index >= 15 is 0 Å². The molecule has 0 aromatic rings. The van der Waals surface area contributed by atoms with Crippen LogP contribution in [0.25, 0.3) is 0 Å². The molecule has 0 amide bonds. The van der Waals surface area contributed by atoms with Crippen LogP contribution in [0.5, 0.6) is 0 Å². The first-order valence-electron chi connectivity index (χ1n) is 1.33. The van der Waals surface area contributed by atoms with E-state index in [0.717, 1.165) is 0 Å². The van der Waals surface area contributed by atoms with Gasteiger partial charge in [-0.3, -0.25) is 0 Å². The molecule has 56 valence electrons. The molecule has 0 aliphatic carbocycles. The van der Waals surface area contributed by atoms with Gasteiger partial charge in [0.25, 0.3) is 0 Å². The van der Waals surface area contributed by atoms with Gasteiger partial charge in [-0.1, -0.05) is 0 Å². The van der Waals surface area contributed by atoms with Crippen molar-refractivity contribution in [2.45, 2.75) is 0 Å². The third-order valence-corrected chi connectivity index (χ3v) is 4.50. The van der Waals surface area contributed by atoms with Crippen LogP contribution >= 0.6 is 9.83 Å². The van der Waals surface area contributed by atoms with Gasteiger partial charge in [0, 0.05) is 0 Å². The van der Waals surface area contributed by atoms with Crippen molar-refractivity contribution < 1.29 is 129 Å². The SMILES string of the molecule is O=S(=O)([O-])SS(=O)(=O)[O-].[K+].[K+]. The molecule has 0 bridgehead atoms. The fourth-order valence-electron chi connectivity index (χ4n) is 0.102. The predicted molar refractivity (Wildman–Crippen MR) is 27.0 cm³/mol. The Labute approximate surface area is 152 Å². The van der Waals surface area contributed by atoms with Crippen molar-refractivity contribution in [3.8, 4) is 0 Å². The van der Waals surface area contributed by atoms with Crippen LogP contribution in [0.15, 0.2) is 0 Å². The summed E-state index contributed by atoms with van der Waals surface area (Å²) in [7, 11) is -11.2. The zero-order valence-electron chi connectivity index (χ0n) is 5.67. The second-order valence-electron chi connectivity index (χ2n) is 0.885. The molecule has 11 heavy (non-hydrogen) atoms. The molecule has 0 N–H and O–H groups in total. The Morgan fingerprint density at radius 1 is 0.818 bits per heavy atom. The second kappa shape index (κ2) is 7.70. The normalized spacial score (nSPS) is 11.1. The Hall–Kier alpha value is 3.44. The first kappa shape index (κ1) is 19.9. The van der Waals surface area contributed by atoms with Gasteiger partial charge in [-0.25, -0.2) is 16.8 Å². The number of hydrogen-bond acceptors (Lipinski definition) is 7. The van der Waals surface area contributed by atoms with Crippen LogP contribution in [0.4, 0.5) is 0 Å². The first-order chi connectivity index (χ1) is 3.71. The smallest absolute Gasteiger partial charge is 0.739 e. The summed E-state index contributed by atoms with van der Waals surface area (Å²) >= 11 is 0. The van der Waals surface area contributed by atoms with Crippen molar-refractivity contribution in [2.75, 3.05) is 0 Å². The first-order valence-corrected chi connectivity index (χ1v) is 6.00. The molecule has 0 atom stereocenters. The number of hydrogen-bond donors (Lipinski definition) is 0. The van der Waals surface area contributed by atoms with Crippen molar-refractivity contribution in [3.63, 3.8) is 0 Å². The van der Waals surface area contributed by atoms with Gasteiger partial charge in [0.15, 0.2) is 18.3 Å². The Kier molecular flexibility index (Phi) is 13.9. The predicted octanol–water partition coefficient (Wildman–Crippen LogP) is -7.35. The molecule has 0 radical (unpaired) electrons. The van der Waals surface area contributed by atoms with Gasteiger partial charge in [-0.05, 0) is 0 Å². The van der Waals surface area contributed by atoms with Crippen molar-refractivity contribution >= 4 is 28.1 Å². The Morgan fingerprint density at radius 3 is 1.00 bits per heavy atom. The fraction of sp³-hybridized carbons (Fsp3) is 0. The van der Waals surface area contributed by atoms with Gasteiger partial charge >= 0.3 is 103 Å². The summed E-state index contributed by atoms with van der Waals surface area (Å²) in [5.41, 5.74) is 0. The summed E-state index contributed by atoms with van der Waals surface area (Å²) in [6.45, 7) is 0. The molecule has 6 nitrogen and oxygen atoms in total. The molecule has 0 aliphatic rings. The van der Waals surface area contributed by atoms with Crippen molar-refractivity contribution in [3.05, 3.63) is 0 Å². The molecule has 0 fully saturated rings. The van der Waals surface area contributed by atoms with E-state index in [1.165, 1.54) is 0 Å². The van der Waals surface area contributed by atoms with E-state index in [1.807, 2.05) is 0 Å². The zero-order chi connectivity index (χ0) is 7.71. The maximum Gasteiger partial charge on any atom is 1.00 e. The summed E-state index contributed by atoms with van der Waals surface area (Å²) in [6, 6.07) is 0. The fourth-order valence-corrected chi connectivity index (χ4v) is 2.76. The van der Waals surface area contributed by atoms with E-state index in [2.05, 4.69) is 0 Å². The molecular formula is K2O6S3. The third-order valence-electron chi connectivity index (χ3n) is 0.167. The molecule has 0 aromatic heterocycles. The minimum Gasteiger partial charge on any atom is -0.739 e. The monoisotopic (exact) mass is 270 g/mol. The molecule has 0 unspecified atom stereocenters. The summed E-state index contributed by atoms with van der Waals surface area (Å²) in [5.74, 6) is 0. The van der Waals surface area contributed by atoms with Crippen molar-refractivity contribution in [1.82, 2.24) is 0 Å². The van der Waals surface area contributed by atoms with Gasteiger partial charge in [0.05, 0.1) is 9.83 Å². The van der Waals surface area contributed by atoms with Crippen molar-refractivity contribution in [1.29, 1.82) is 0 Å². The maximum absolute atomic E-state index is 9.48. The molecule has 11 heteroatoms. The molecule has 0 aliphatic heterocycles. The maximum atomic E-state index is 9.48. The van der Waals surface area contributed by atoms with Gasteiger partial charge in [-0.2, -0.15) is 0 Å². The van der Waals surface area contributed by atoms with Crippen LogP contribution in [-0.2, 0) is 18.3 Å². The van der Waals surface area contributed by atoms with E-state index in [1.54, 1.807) is 0 Å². The average Bonchev–Trinajstić information content (AvgIpc) is 1.14. The molecule has 0 saturated carbocycles. The summed E-state index contributed by atoms with van der Waals surface area (Å²) in [4.78, 5) is 0. The molecule has 0 rings (SSSR count). The zero-order valence-corrected chi connectivity index (χ0v) is 14.4. The standard InChI is InChI=1S/2K.H2O6S3/c;;1-8(2,3)7-9(4,5)6/h;;(H,1,2,3)(H,4,5,6)/q2*+1;/p-2. The minimum atomic E-state index is -5.02. The quantitative estimate of drug-likeness (QED) is 0.278. The molecule has 0 saturated heterocycles. The van der Waals surface area contributed by atoms with Crippen LogP contribution in [-0.4, -0.2) is 25.9 Å². The van der Waals surface area contributed by atoms with Crippen LogP contribution in [0.2, 0.25) is 0 Å².